The smallest absolute Gasteiger partial charge is 0.162 e. The number of anilines is 1. The van der Waals surface area contributed by atoms with Crippen LogP contribution in [0.25, 0.3) is 22.0 Å². The summed E-state index contributed by atoms with van der Waals surface area (Å²) in [7, 11) is 0. The normalized spacial score (nSPS) is 19.1. The zero-order valence-electron chi connectivity index (χ0n) is 18.9. The average molecular weight is 431 g/mol. The van der Waals surface area contributed by atoms with Gasteiger partial charge in [-0.1, -0.05) is 74.5 Å². The number of pyridine rings is 1. The molecule has 162 valence electrons. The van der Waals surface area contributed by atoms with Crippen LogP contribution >= 0.6 is 0 Å². The Morgan fingerprint density at radius 2 is 1.61 bits per heavy atom. The van der Waals surface area contributed by atoms with E-state index in [1.165, 1.54) is 11.1 Å². The van der Waals surface area contributed by atoms with Crippen LogP contribution in [0.2, 0.25) is 0 Å². The molecule has 3 aromatic carbocycles. The molecule has 0 saturated carbocycles. The van der Waals surface area contributed by atoms with E-state index in [0.29, 0.717) is 6.42 Å². The van der Waals surface area contributed by atoms with Crippen LogP contribution in [0.3, 0.4) is 0 Å². The van der Waals surface area contributed by atoms with Gasteiger partial charge in [0.15, 0.2) is 5.78 Å². The number of allylic oxidation sites excluding steroid dienone is 2. The maximum atomic E-state index is 13.5. The molecule has 1 aromatic heterocycles. The molecule has 3 nitrogen and oxygen atoms in total. The molecule has 3 heteroatoms. The van der Waals surface area contributed by atoms with Gasteiger partial charge in [-0.3, -0.25) is 9.78 Å². The van der Waals surface area contributed by atoms with Gasteiger partial charge in [-0.25, -0.2) is 0 Å². The molecule has 0 radical (unpaired) electrons. The molecule has 0 spiro atoms. The summed E-state index contributed by atoms with van der Waals surface area (Å²) in [6.45, 7) is 4.36. The Morgan fingerprint density at radius 3 is 2.39 bits per heavy atom. The average Bonchev–Trinajstić information content (AvgIpc) is 2.82. The molecule has 1 aliphatic carbocycles. The third-order valence-corrected chi connectivity index (χ3v) is 6.96. The zero-order chi connectivity index (χ0) is 22.6. The Labute approximate surface area is 194 Å². The summed E-state index contributed by atoms with van der Waals surface area (Å²) in [6, 6.07) is 27.4. The molecule has 1 unspecified atom stereocenters. The van der Waals surface area contributed by atoms with Crippen molar-refractivity contribution >= 4 is 22.4 Å². The number of carbonyl (C=O) groups excluding carboxylic acids is 1. The fourth-order valence-corrected chi connectivity index (χ4v) is 5.52. The molecule has 0 bridgehead atoms. The topological polar surface area (TPSA) is 42.0 Å². The number of nitrogens with zero attached hydrogens (tertiary/aromatic N) is 1. The highest BCUT2D eigenvalue weighted by atomic mass is 16.1. The van der Waals surface area contributed by atoms with Gasteiger partial charge in [0.05, 0.1) is 5.52 Å². The van der Waals surface area contributed by atoms with Crippen LogP contribution in [-0.2, 0) is 4.79 Å². The van der Waals surface area contributed by atoms with E-state index < -0.39 is 0 Å². The second-order valence-corrected chi connectivity index (χ2v) is 9.98. The highest BCUT2D eigenvalue weighted by Gasteiger charge is 2.41. The van der Waals surface area contributed by atoms with E-state index in [4.69, 9.17) is 0 Å². The standard InChI is InChI=1S/C30H26N2O/c1-30(2)17-25-29(26(33)18-30)27(21-12-10-20(11-13-21)19-7-4-3-5-8-19)28-22-9-6-16-31-23(22)14-15-24(28)32-25/h3-16,27,32H,17-18H2,1-2H3. The second kappa shape index (κ2) is 7.41. The number of carbonyl (C=O) groups is 1. The summed E-state index contributed by atoms with van der Waals surface area (Å²) in [6.07, 6.45) is 3.27. The highest BCUT2D eigenvalue weighted by Crippen LogP contribution is 2.50. The molecular weight excluding hydrogens is 404 g/mol. The van der Waals surface area contributed by atoms with Crippen LogP contribution < -0.4 is 5.32 Å². The van der Waals surface area contributed by atoms with Gasteiger partial charge >= 0.3 is 0 Å². The number of rotatable bonds is 2. The predicted molar refractivity (Wildman–Crippen MR) is 134 cm³/mol. The molecule has 1 N–H and O–H groups in total. The van der Waals surface area contributed by atoms with Crippen molar-refractivity contribution in [3.05, 3.63) is 107 Å². The van der Waals surface area contributed by atoms with Crippen LogP contribution in [0.5, 0.6) is 0 Å². The Balaban J connectivity index is 1.56. The molecular formula is C30H26N2O. The lowest BCUT2D eigenvalue weighted by atomic mass is 9.68. The first-order chi connectivity index (χ1) is 16.0. The van der Waals surface area contributed by atoms with Crippen LogP contribution in [0.4, 0.5) is 5.69 Å². The molecule has 0 saturated heterocycles. The third-order valence-electron chi connectivity index (χ3n) is 6.96. The van der Waals surface area contributed by atoms with Crippen LogP contribution in [0.1, 0.15) is 43.7 Å². The minimum absolute atomic E-state index is 0.0411. The number of benzene rings is 3. The maximum Gasteiger partial charge on any atom is 0.162 e. The minimum atomic E-state index is -0.0995. The Morgan fingerprint density at radius 1 is 0.848 bits per heavy atom. The van der Waals surface area contributed by atoms with Gasteiger partial charge in [0, 0.05) is 40.9 Å². The Hall–Kier alpha value is -3.72. The molecule has 0 amide bonds. The lowest BCUT2D eigenvalue weighted by Gasteiger charge is -2.40. The molecule has 4 aromatic rings. The highest BCUT2D eigenvalue weighted by molar-refractivity contribution is 6.04. The van der Waals surface area contributed by atoms with Crippen molar-refractivity contribution in [2.75, 3.05) is 5.32 Å². The van der Waals surface area contributed by atoms with Crippen molar-refractivity contribution in [2.24, 2.45) is 5.41 Å². The second-order valence-electron chi connectivity index (χ2n) is 9.98. The van der Waals surface area contributed by atoms with E-state index in [1.807, 2.05) is 18.3 Å². The maximum absolute atomic E-state index is 13.5. The summed E-state index contributed by atoms with van der Waals surface area (Å²) < 4.78 is 0. The monoisotopic (exact) mass is 430 g/mol. The molecule has 1 atom stereocenters. The fraction of sp³-hybridized carbons (Fsp3) is 0.200. The van der Waals surface area contributed by atoms with E-state index >= 15 is 0 Å². The summed E-state index contributed by atoms with van der Waals surface area (Å²) in [5, 5.41) is 4.75. The first-order valence-corrected chi connectivity index (χ1v) is 11.6. The molecule has 2 aliphatic rings. The van der Waals surface area contributed by atoms with Gasteiger partial charge in [-0.05, 0) is 52.3 Å². The van der Waals surface area contributed by atoms with E-state index in [-0.39, 0.29) is 17.1 Å². The van der Waals surface area contributed by atoms with Crippen molar-refractivity contribution in [3.8, 4) is 11.1 Å². The zero-order valence-corrected chi connectivity index (χ0v) is 18.9. The van der Waals surface area contributed by atoms with Gasteiger partial charge in [-0.2, -0.15) is 0 Å². The lowest BCUT2D eigenvalue weighted by molar-refractivity contribution is -0.118. The summed E-state index contributed by atoms with van der Waals surface area (Å²) in [4.78, 5) is 18.1. The third kappa shape index (κ3) is 3.36. The van der Waals surface area contributed by atoms with E-state index in [0.717, 1.165) is 45.4 Å². The van der Waals surface area contributed by atoms with Crippen molar-refractivity contribution in [1.29, 1.82) is 0 Å². The number of ketones is 1. The van der Waals surface area contributed by atoms with E-state index in [9.17, 15) is 4.79 Å². The van der Waals surface area contributed by atoms with Crippen molar-refractivity contribution in [3.63, 3.8) is 0 Å². The summed E-state index contributed by atoms with van der Waals surface area (Å²) in [5.41, 5.74) is 8.66. The summed E-state index contributed by atoms with van der Waals surface area (Å²) >= 11 is 0. The van der Waals surface area contributed by atoms with Crippen LogP contribution in [0, 0.1) is 5.41 Å². The largest absolute Gasteiger partial charge is 0.358 e. The number of fused-ring (bicyclic) bond motifs is 3. The van der Waals surface area contributed by atoms with Gasteiger partial charge in [0.25, 0.3) is 0 Å². The number of aromatic nitrogens is 1. The Bertz CT molecular complexity index is 1420. The molecule has 2 heterocycles. The lowest BCUT2D eigenvalue weighted by Crippen LogP contribution is -2.33. The summed E-state index contributed by atoms with van der Waals surface area (Å²) in [5.74, 6) is 0.148. The van der Waals surface area contributed by atoms with Gasteiger partial charge in [-0.15, -0.1) is 0 Å². The quantitative estimate of drug-likeness (QED) is 0.369. The number of hydrogen-bond donors (Lipinski definition) is 1. The van der Waals surface area contributed by atoms with Gasteiger partial charge in [0.2, 0.25) is 0 Å². The SMILES string of the molecule is CC1(C)CC(=O)C2=C(C1)Nc1ccc3ncccc3c1C2c1ccc(-c2ccccc2)cc1. The van der Waals surface area contributed by atoms with Crippen LogP contribution in [-0.4, -0.2) is 10.8 Å². The van der Waals surface area contributed by atoms with Crippen molar-refractivity contribution in [2.45, 2.75) is 32.6 Å². The number of nitrogens with one attached hydrogen (secondary N) is 1. The predicted octanol–water partition coefficient (Wildman–Crippen LogP) is 7.10. The first kappa shape index (κ1) is 19.9. The van der Waals surface area contributed by atoms with Crippen molar-refractivity contribution < 1.29 is 4.79 Å². The molecule has 33 heavy (non-hydrogen) atoms. The van der Waals surface area contributed by atoms with Crippen molar-refractivity contribution in [1.82, 2.24) is 4.98 Å². The van der Waals surface area contributed by atoms with Gasteiger partial charge in [0.1, 0.15) is 0 Å². The van der Waals surface area contributed by atoms with Crippen LogP contribution in [0.15, 0.2) is 96.3 Å². The minimum Gasteiger partial charge on any atom is -0.358 e. The van der Waals surface area contributed by atoms with E-state index in [1.54, 1.807) is 0 Å². The molecule has 1 aliphatic heterocycles. The number of hydrogen-bond acceptors (Lipinski definition) is 3. The molecule has 0 fully saturated rings. The Kier molecular flexibility index (Phi) is 4.48. The molecule has 6 rings (SSSR count). The fourth-order valence-electron chi connectivity index (χ4n) is 5.52. The first-order valence-electron chi connectivity index (χ1n) is 11.6. The van der Waals surface area contributed by atoms with Gasteiger partial charge < -0.3 is 5.32 Å². The number of Topliss-reactive ketones (excluding diaryl/α,β-unsaturated/α-hetero) is 1. The van der Waals surface area contributed by atoms with E-state index in [2.05, 4.69) is 90.9 Å².